The molecule has 22 heavy (non-hydrogen) atoms. The van der Waals surface area contributed by atoms with E-state index >= 15 is 0 Å². The summed E-state index contributed by atoms with van der Waals surface area (Å²) in [6.07, 6.45) is -15.6. The summed E-state index contributed by atoms with van der Waals surface area (Å²) in [4.78, 5) is 26.4. The van der Waals surface area contributed by atoms with Gasteiger partial charge in [0.15, 0.2) is 0 Å². The van der Waals surface area contributed by atoms with Crippen LogP contribution in [0.1, 0.15) is 0 Å². The molecule has 0 amide bonds. The molecule has 0 bridgehead atoms. The number of carboxylic acids is 3. The second-order valence-corrected chi connectivity index (χ2v) is 2.36. The van der Waals surface area contributed by atoms with Gasteiger partial charge in [-0.25, -0.2) is 0 Å². The minimum Gasteiger partial charge on any atom is -0.542 e. The summed E-state index contributed by atoms with van der Waals surface area (Å²) in [6, 6.07) is 0. The van der Waals surface area contributed by atoms with E-state index in [0.717, 1.165) is 0 Å². The number of halogens is 9. The number of rotatable bonds is 0. The van der Waals surface area contributed by atoms with Crippen molar-refractivity contribution in [3.8, 4) is 0 Å². The van der Waals surface area contributed by atoms with Gasteiger partial charge in [0.05, 0.1) is 0 Å². The van der Waals surface area contributed by atoms with Crippen LogP contribution in [0.15, 0.2) is 0 Å². The Morgan fingerprint density at radius 2 is 0.545 bits per heavy atom. The van der Waals surface area contributed by atoms with Gasteiger partial charge >= 0.3 is 35.6 Å². The zero-order valence-corrected chi connectivity index (χ0v) is 10.1. The van der Waals surface area contributed by atoms with Crippen molar-refractivity contribution in [2.75, 3.05) is 0 Å². The minimum atomic E-state index is -5.19. The first-order chi connectivity index (χ1) is 8.83. The third kappa shape index (κ3) is 20.6. The first kappa shape index (κ1) is 28.5. The predicted octanol–water partition coefficient (Wildman–Crippen LogP) is -2.11. The SMILES string of the molecule is O=C([O-])C(F)(F)F.O=C([O-])C(F)(F)F.O=C([O-])C(F)(F)F.[Cu+3]. The van der Waals surface area contributed by atoms with Gasteiger partial charge in [0.1, 0.15) is 17.9 Å². The summed E-state index contributed by atoms with van der Waals surface area (Å²) in [7, 11) is 0. The molecular formula is C6CuF9O6. The summed E-state index contributed by atoms with van der Waals surface area (Å²) in [5.41, 5.74) is 0. The van der Waals surface area contributed by atoms with Crippen LogP contribution < -0.4 is 15.3 Å². The molecule has 0 N–H and O–H groups in total. The summed E-state index contributed by atoms with van der Waals surface area (Å²) in [5, 5.41) is 26.4. The van der Waals surface area contributed by atoms with Crippen LogP contribution in [0, 0.1) is 0 Å². The van der Waals surface area contributed by atoms with E-state index in [2.05, 4.69) is 0 Å². The van der Waals surface area contributed by atoms with Gasteiger partial charge in [-0.3, -0.25) is 0 Å². The Morgan fingerprint density at radius 3 is 0.545 bits per heavy atom. The maximum absolute atomic E-state index is 10.5. The second kappa shape index (κ2) is 10.1. The third-order valence-corrected chi connectivity index (χ3v) is 0.694. The molecule has 0 saturated carbocycles. The Hall–Kier alpha value is -1.70. The predicted molar refractivity (Wildman–Crippen MR) is 33.2 cm³/mol. The van der Waals surface area contributed by atoms with Crippen LogP contribution in [0.4, 0.5) is 39.5 Å². The van der Waals surface area contributed by atoms with E-state index in [1.165, 1.54) is 0 Å². The summed E-state index contributed by atoms with van der Waals surface area (Å²) in [6.45, 7) is 0. The van der Waals surface area contributed by atoms with E-state index in [-0.39, 0.29) is 17.1 Å². The fourth-order valence-electron chi connectivity index (χ4n) is 0. The van der Waals surface area contributed by atoms with Crippen molar-refractivity contribution in [1.29, 1.82) is 0 Å². The van der Waals surface area contributed by atoms with Gasteiger partial charge in [0.25, 0.3) is 0 Å². The summed E-state index contributed by atoms with van der Waals surface area (Å²) >= 11 is 0. The molecule has 0 aromatic rings. The Kier molecular flexibility index (Phi) is 13.1. The Balaban J connectivity index is -0.000000108. The number of aliphatic carboxylic acids is 3. The zero-order valence-electron chi connectivity index (χ0n) is 9.15. The molecule has 134 valence electrons. The standard InChI is InChI=1S/3C2HF3O2.Cu/c3*3-2(4,5)1(6)7;/h3*(H,6,7);/q;;;+3/p-3. The number of carbonyl (C=O) groups excluding carboxylic acids is 3. The van der Waals surface area contributed by atoms with Gasteiger partial charge in [0.2, 0.25) is 0 Å². The molecule has 0 heterocycles. The van der Waals surface area contributed by atoms with E-state index < -0.39 is 36.4 Å². The van der Waals surface area contributed by atoms with Crippen LogP contribution in [0.5, 0.6) is 0 Å². The van der Waals surface area contributed by atoms with E-state index in [1.54, 1.807) is 0 Å². The van der Waals surface area contributed by atoms with Crippen molar-refractivity contribution in [3.05, 3.63) is 0 Å². The van der Waals surface area contributed by atoms with Crippen molar-refractivity contribution in [1.82, 2.24) is 0 Å². The van der Waals surface area contributed by atoms with Crippen LogP contribution in [-0.4, -0.2) is 36.4 Å². The number of alkyl halides is 9. The third-order valence-electron chi connectivity index (χ3n) is 0.694. The van der Waals surface area contributed by atoms with Gasteiger partial charge in [-0.15, -0.1) is 0 Å². The topological polar surface area (TPSA) is 120 Å². The van der Waals surface area contributed by atoms with Crippen molar-refractivity contribution < 1.29 is 86.3 Å². The number of hydrogen-bond donors (Lipinski definition) is 0. The number of carbonyl (C=O) groups is 3. The molecule has 0 radical (unpaired) electrons. The first-order valence-corrected chi connectivity index (χ1v) is 3.68. The zero-order chi connectivity index (χ0) is 18.2. The van der Waals surface area contributed by atoms with Gasteiger partial charge in [0, 0.05) is 0 Å². The van der Waals surface area contributed by atoms with Crippen molar-refractivity contribution in [2.45, 2.75) is 18.5 Å². The molecule has 0 fully saturated rings. The average Bonchev–Trinajstić information content (AvgIpc) is 2.14. The molecule has 0 aliphatic rings. The molecule has 0 aromatic carbocycles. The summed E-state index contributed by atoms with van der Waals surface area (Å²) in [5.74, 6) is -9.02. The van der Waals surface area contributed by atoms with E-state index in [9.17, 15) is 39.5 Å². The largest absolute Gasteiger partial charge is 3.00 e. The molecule has 0 atom stereocenters. The molecule has 0 unspecified atom stereocenters. The van der Waals surface area contributed by atoms with Crippen molar-refractivity contribution in [2.24, 2.45) is 0 Å². The van der Waals surface area contributed by atoms with Crippen LogP contribution in [0.3, 0.4) is 0 Å². The first-order valence-electron chi connectivity index (χ1n) is 3.68. The molecule has 16 heteroatoms. The molecule has 0 aliphatic heterocycles. The van der Waals surface area contributed by atoms with E-state index in [4.69, 9.17) is 29.7 Å². The monoisotopic (exact) mass is 402 g/mol. The quantitative estimate of drug-likeness (QED) is 0.338. The van der Waals surface area contributed by atoms with Crippen molar-refractivity contribution in [3.63, 3.8) is 0 Å². The normalized spacial score (nSPS) is 10.8. The maximum Gasteiger partial charge on any atom is 3.00 e. The van der Waals surface area contributed by atoms with Gasteiger partial charge in [-0.1, -0.05) is 0 Å². The van der Waals surface area contributed by atoms with Crippen LogP contribution in [-0.2, 0) is 31.5 Å². The number of carboxylic acid groups (broad SMARTS) is 3. The van der Waals surface area contributed by atoms with Crippen LogP contribution in [0.2, 0.25) is 0 Å². The molecule has 6 nitrogen and oxygen atoms in total. The second-order valence-electron chi connectivity index (χ2n) is 2.36. The Morgan fingerprint density at radius 1 is 0.500 bits per heavy atom. The van der Waals surface area contributed by atoms with Gasteiger partial charge < -0.3 is 29.7 Å². The molecular weight excluding hydrogens is 403 g/mol. The number of hydrogen-bond acceptors (Lipinski definition) is 6. The average molecular weight is 403 g/mol. The maximum atomic E-state index is 10.5. The molecule has 0 saturated heterocycles. The molecule has 0 rings (SSSR count). The Labute approximate surface area is 124 Å². The smallest absolute Gasteiger partial charge is 0.542 e. The fourth-order valence-corrected chi connectivity index (χ4v) is 0. The minimum absolute atomic E-state index is 0. The van der Waals surface area contributed by atoms with E-state index in [0.29, 0.717) is 0 Å². The van der Waals surface area contributed by atoms with E-state index in [1.807, 2.05) is 0 Å². The van der Waals surface area contributed by atoms with Crippen LogP contribution >= 0.6 is 0 Å². The van der Waals surface area contributed by atoms with Crippen LogP contribution in [0.25, 0.3) is 0 Å². The Bertz CT molecular complexity index is 313. The summed E-state index contributed by atoms with van der Waals surface area (Å²) < 4.78 is 94.6. The molecule has 0 spiro atoms. The fraction of sp³-hybridized carbons (Fsp3) is 0.500. The van der Waals surface area contributed by atoms with Gasteiger partial charge in [-0.05, 0) is 0 Å². The molecule has 0 aliphatic carbocycles. The van der Waals surface area contributed by atoms with Gasteiger partial charge in [-0.2, -0.15) is 39.5 Å². The van der Waals surface area contributed by atoms with Crippen molar-refractivity contribution >= 4 is 17.9 Å². The molecule has 0 aromatic heterocycles.